The zero-order chi connectivity index (χ0) is 99.2. The van der Waals surface area contributed by atoms with Gasteiger partial charge >= 0.3 is 47.8 Å². The second-order valence-corrected chi connectivity index (χ2v) is 38.5. The molecule has 0 aliphatic rings. The van der Waals surface area contributed by atoms with Crippen molar-refractivity contribution in [3.63, 3.8) is 0 Å². The third-order valence-corrected chi connectivity index (χ3v) is 25.0. The number of thiol groups is 1. The van der Waals surface area contributed by atoms with Crippen LogP contribution in [0.15, 0.2) is 155 Å². The van der Waals surface area contributed by atoms with E-state index in [1.54, 1.807) is 46.8 Å². The molecule has 135 heavy (non-hydrogen) atoms. The van der Waals surface area contributed by atoms with Crippen molar-refractivity contribution in [1.82, 2.24) is 0 Å². The Morgan fingerprint density at radius 3 is 0.941 bits per heavy atom. The van der Waals surface area contributed by atoms with Crippen molar-refractivity contribution in [3.05, 3.63) is 211 Å². The van der Waals surface area contributed by atoms with Crippen LogP contribution in [0.25, 0.3) is 0 Å². The molecule has 0 fully saturated rings. The molecule has 0 spiro atoms. The fraction of sp³-hybridized carbons (Fsp3) is 0.519. The maximum atomic E-state index is 12.3. The summed E-state index contributed by atoms with van der Waals surface area (Å²) in [6.07, 6.45) is 25.2. The first kappa shape index (κ1) is 122. The van der Waals surface area contributed by atoms with E-state index >= 15 is 0 Å². The quantitative estimate of drug-likeness (QED) is 0.00466. The summed E-state index contributed by atoms with van der Waals surface area (Å²) in [6, 6.07) is 41.0. The van der Waals surface area contributed by atoms with Gasteiger partial charge in [-0.05, 0) is 269 Å². The van der Waals surface area contributed by atoms with E-state index in [-0.39, 0.29) is 80.2 Å². The number of unbranched alkanes of at least 4 members (excludes halogenated alkanes) is 12. The number of hydrogen-bond donors (Lipinski definition) is 3. The van der Waals surface area contributed by atoms with Crippen LogP contribution in [0.2, 0.25) is 0 Å². The number of nitro groups is 1. The van der Waals surface area contributed by atoms with E-state index < -0.39 is 16.9 Å². The number of ether oxygens (including phenoxy) is 10. The van der Waals surface area contributed by atoms with Crippen LogP contribution < -0.4 is 18.9 Å². The van der Waals surface area contributed by atoms with Gasteiger partial charge in [-0.1, -0.05) is 186 Å². The average molecular weight is 2250 g/mol. The molecule has 0 atom stereocenters. The zero-order valence-corrected chi connectivity index (χ0v) is 90.3. The highest BCUT2D eigenvalue weighted by molar-refractivity contribution is 9.11. The Morgan fingerprint density at radius 1 is 0.348 bits per heavy atom. The largest absolute Gasteiger partial charge is 0.493 e. The highest BCUT2D eigenvalue weighted by Gasteiger charge is 2.21. The number of carbonyl (C=O) groups is 8. The first-order valence-corrected chi connectivity index (χ1v) is 53.9. The summed E-state index contributed by atoms with van der Waals surface area (Å²) in [5.41, 5.74) is 10.5. The van der Waals surface area contributed by atoms with Crippen LogP contribution in [0.3, 0.4) is 0 Å². The van der Waals surface area contributed by atoms with E-state index in [0.29, 0.717) is 142 Å². The van der Waals surface area contributed by atoms with Crippen LogP contribution in [-0.2, 0) is 118 Å². The van der Waals surface area contributed by atoms with Gasteiger partial charge in [0.25, 0.3) is 5.69 Å². The predicted molar refractivity (Wildman–Crippen MR) is 559 cm³/mol. The maximum absolute atomic E-state index is 12.3. The molecule has 7 aromatic rings. The smallest absolute Gasteiger partial charge is 0.310 e. The van der Waals surface area contributed by atoms with Gasteiger partial charge in [0.1, 0.15) is 23.0 Å². The van der Waals surface area contributed by atoms with Crippen molar-refractivity contribution in [2.75, 3.05) is 88.7 Å². The van der Waals surface area contributed by atoms with Crippen LogP contribution in [0.5, 0.6) is 23.0 Å². The lowest BCUT2D eigenvalue weighted by Gasteiger charge is -2.15. The minimum absolute atomic E-state index is 0.0374. The maximum Gasteiger partial charge on any atom is 0.310 e. The highest BCUT2D eigenvalue weighted by atomic mass is 79.9. The molecule has 0 bridgehead atoms. The van der Waals surface area contributed by atoms with Crippen LogP contribution >= 0.6 is 116 Å². The molecule has 23 nitrogen and oxygen atoms in total. The number of benzene rings is 7. The van der Waals surface area contributed by atoms with Crippen LogP contribution in [-0.4, -0.2) is 152 Å². The summed E-state index contributed by atoms with van der Waals surface area (Å²) in [4.78, 5) is 105. The predicted octanol–water partition coefficient (Wildman–Crippen LogP) is 26.7. The van der Waals surface area contributed by atoms with E-state index in [9.17, 15) is 53.6 Å². The molecule has 0 aliphatic carbocycles. The summed E-state index contributed by atoms with van der Waals surface area (Å²) in [5, 5.41) is 29.4. The van der Waals surface area contributed by atoms with Gasteiger partial charge in [-0.2, -0.15) is 12.6 Å². The van der Waals surface area contributed by atoms with E-state index in [0.717, 1.165) is 173 Å². The number of esters is 6. The molecule has 7 rings (SSSR count). The number of hydrogen-bond acceptors (Lipinski definition) is 23. The molecule has 746 valence electrons. The van der Waals surface area contributed by atoms with Gasteiger partial charge in [0.2, 0.25) is 0 Å². The highest BCUT2D eigenvalue weighted by Crippen LogP contribution is 2.34. The first-order chi connectivity index (χ1) is 65.1. The average Bonchev–Trinajstić information content (AvgIpc) is 0.849. The fourth-order valence-corrected chi connectivity index (χ4v) is 19.6. The van der Waals surface area contributed by atoms with Crippen molar-refractivity contribution in [1.29, 1.82) is 0 Å². The molecule has 0 radical (unpaired) electrons. The second-order valence-electron chi connectivity index (χ2n) is 31.3. The molecule has 0 amide bonds. The molecular formula is C104H140Br5NO22S3. The second kappa shape index (κ2) is 76.3. The number of alkyl halides is 1. The lowest BCUT2D eigenvalue weighted by atomic mass is 9.98. The molecule has 0 aromatic heterocycles. The molecule has 0 saturated carbocycles. The number of carboxylic acids is 2. The number of rotatable bonds is 63. The number of thioether (sulfide) groups is 2. The van der Waals surface area contributed by atoms with E-state index in [1.807, 2.05) is 85.0 Å². The van der Waals surface area contributed by atoms with Gasteiger partial charge in [0, 0.05) is 93.1 Å². The first-order valence-electron chi connectivity index (χ1n) is 47.0. The van der Waals surface area contributed by atoms with Gasteiger partial charge < -0.3 is 57.6 Å². The van der Waals surface area contributed by atoms with E-state index in [1.165, 1.54) is 58.7 Å². The summed E-state index contributed by atoms with van der Waals surface area (Å²) in [7, 11) is 0. The van der Waals surface area contributed by atoms with Gasteiger partial charge in [-0.25, -0.2) is 0 Å². The van der Waals surface area contributed by atoms with Crippen LogP contribution in [0.4, 0.5) is 5.69 Å². The number of carboxylic acid groups (broad SMARTS) is 2. The Balaban J connectivity index is 0.000000447. The Kier molecular flexibility index (Phi) is 68.6. The van der Waals surface area contributed by atoms with Crippen LogP contribution in [0, 0.1) is 24.0 Å². The van der Waals surface area contributed by atoms with E-state index in [2.05, 4.69) is 155 Å². The molecular weight excluding hydrogens is 2110 g/mol. The van der Waals surface area contributed by atoms with Crippen molar-refractivity contribution in [2.24, 2.45) is 0 Å². The topological polar surface area (TPSA) is 312 Å². The monoisotopic (exact) mass is 2250 g/mol. The lowest BCUT2D eigenvalue weighted by molar-refractivity contribution is -0.385. The number of aliphatic carboxylic acids is 2. The number of carbonyl (C=O) groups excluding carboxylic acids is 6. The summed E-state index contributed by atoms with van der Waals surface area (Å²) in [6.45, 7) is 18.8. The molecule has 0 unspecified atom stereocenters. The van der Waals surface area contributed by atoms with Gasteiger partial charge in [0.05, 0.1) is 96.7 Å². The minimum Gasteiger partial charge on any atom is -0.493 e. The molecule has 0 aliphatic heterocycles. The summed E-state index contributed by atoms with van der Waals surface area (Å²) >= 11 is 24.9. The zero-order valence-electron chi connectivity index (χ0n) is 79.8. The normalized spacial score (nSPS) is 10.6. The number of halogens is 5. The fourth-order valence-electron chi connectivity index (χ4n) is 14.0. The molecule has 0 heterocycles. The summed E-state index contributed by atoms with van der Waals surface area (Å²) in [5.74, 6) is 2.62. The van der Waals surface area contributed by atoms with E-state index in [4.69, 9.17) is 52.5 Å². The Morgan fingerprint density at radius 2 is 0.637 bits per heavy atom. The standard InChI is InChI=1S/C28H36Br2O5S.C26H34O5S.C22H33BrO5.C22H34O5S.C6H3Br2NO2/c1-3-33-27(31)14-10-15-35-26-13-9-12-21(25(26)20-28(32)34-4-2)11-7-5-6-8-16-36-24-18-22(29)17-23(30)19-24;1-19-15-20(2)17-22(16-19)32-14-6-4-3-5-9-21-10-7-11-24(23(21)18-26(29)30)31-13-8-12-25(27)28;1-3-26-21(24)14-10-16-28-20-13-9-12-18(11-7-5-6-8-15-23)19(20)17-22(25)27-4-2;1-3-25-21(23)14-10-15-27-20-13-9-12-18(11-7-5-6-8-16-28)19(20)17-22(24)26-4-2;7-4-1-5(8)3-6(2-4)9(10)11/h9,12-13,17-19H,3-8,10-11,14-16,20H2,1-2H3;7,10-11,15-17H,3-6,8-9,12-14,18H2,1-2H3,(H,27,28)(H,29,30);9,12-13H,3-8,10-11,14-17H2,1-2H3;9,12-13,28H,3-8,10-11,14-17H2,1-2H3;1-3H. The lowest BCUT2D eigenvalue weighted by Crippen LogP contribution is -2.12. The number of nitrogens with zero attached hydrogens (tertiary/aromatic N) is 1. The molecule has 2 N–H and O–H groups in total. The SMILES string of the molecule is CCOC(=O)CCCOc1cccc(CCCCCCBr)c1CC(=O)OCC.CCOC(=O)CCCOc1cccc(CCCCCCS)c1CC(=O)OCC.CCOC(=O)CCCOc1cccc(CCCCCCSc2cc(Br)cc(Br)c2)c1CC(=O)OCC.Cc1cc(C)cc(SCCCCCCc2cccc(OCCCC(=O)O)c2CC(=O)O)c1.O=[N+]([O-])c1cc(Br)cc(Br)c1. The van der Waals surface area contributed by atoms with Crippen molar-refractivity contribution in [2.45, 2.75) is 271 Å². The van der Waals surface area contributed by atoms with Gasteiger partial charge in [-0.15, -0.1) is 23.5 Å². The van der Waals surface area contributed by atoms with Crippen molar-refractivity contribution in [3.8, 4) is 23.0 Å². The van der Waals surface area contributed by atoms with Crippen molar-refractivity contribution >= 4 is 169 Å². The number of aryl methyl sites for hydroxylation is 6. The number of non-ortho nitro benzene ring substituents is 1. The summed E-state index contributed by atoms with van der Waals surface area (Å²) < 4.78 is 57.4. The third-order valence-electron chi connectivity index (χ3n) is 20.2. The number of nitro benzene ring substituents is 1. The Hall–Kier alpha value is -7.65. The van der Waals surface area contributed by atoms with Gasteiger partial charge in [0.15, 0.2) is 0 Å². The third kappa shape index (κ3) is 57.5. The Bertz CT molecular complexity index is 4470. The van der Waals surface area contributed by atoms with Crippen LogP contribution in [0.1, 0.15) is 251 Å². The molecule has 7 aromatic carbocycles. The molecule has 0 saturated heterocycles. The van der Waals surface area contributed by atoms with Crippen molar-refractivity contribution < 1.29 is 101 Å². The van der Waals surface area contributed by atoms with Gasteiger partial charge in [-0.3, -0.25) is 48.5 Å². The minimum atomic E-state index is -0.892. The molecule has 31 heteroatoms. The Labute approximate surface area is 856 Å².